The third kappa shape index (κ3) is 4.11. The maximum atomic E-state index is 13.3. The van der Waals surface area contributed by atoms with Crippen molar-refractivity contribution in [2.24, 2.45) is 0 Å². The number of methoxy groups -OCH3 is 2. The molecule has 2 aromatic carbocycles. The van der Waals surface area contributed by atoms with Crippen LogP contribution in [0.3, 0.4) is 0 Å². The van der Waals surface area contributed by atoms with Gasteiger partial charge in [-0.2, -0.15) is 5.10 Å². The zero-order chi connectivity index (χ0) is 25.4. The Morgan fingerprint density at radius 1 is 1.14 bits per heavy atom. The number of anilines is 1. The Bertz CT molecular complexity index is 1490. The van der Waals surface area contributed by atoms with Crippen LogP contribution in [-0.2, 0) is 11.2 Å². The maximum absolute atomic E-state index is 13.3. The van der Waals surface area contributed by atoms with E-state index in [1.807, 2.05) is 30.3 Å². The smallest absolute Gasteiger partial charge is 0.277 e. The summed E-state index contributed by atoms with van der Waals surface area (Å²) in [6.07, 6.45) is 0.750. The van der Waals surface area contributed by atoms with Crippen LogP contribution in [-0.4, -0.2) is 48.3 Å². The third-order valence-corrected chi connectivity index (χ3v) is 6.69. The largest absolute Gasteiger partial charge is 0.493 e. The zero-order valence-electron chi connectivity index (χ0n) is 20.7. The quantitative estimate of drug-likeness (QED) is 0.426. The van der Waals surface area contributed by atoms with Crippen molar-refractivity contribution in [2.45, 2.75) is 26.3 Å². The molecule has 0 fully saturated rings. The third-order valence-electron chi connectivity index (χ3n) is 6.69. The van der Waals surface area contributed by atoms with Crippen LogP contribution in [0.25, 0.3) is 10.8 Å². The molecule has 0 radical (unpaired) electrons. The summed E-state index contributed by atoms with van der Waals surface area (Å²) in [6.45, 7) is 4.31. The van der Waals surface area contributed by atoms with E-state index in [0.717, 1.165) is 23.1 Å². The first-order valence-corrected chi connectivity index (χ1v) is 11.7. The van der Waals surface area contributed by atoms with Crippen LogP contribution in [0.5, 0.6) is 11.5 Å². The average molecular weight is 489 g/mol. The number of aromatic amines is 1. The van der Waals surface area contributed by atoms with Crippen molar-refractivity contribution in [3.8, 4) is 11.5 Å². The number of amides is 1. The molecule has 3 heterocycles. The van der Waals surface area contributed by atoms with Crippen molar-refractivity contribution in [1.82, 2.24) is 15.1 Å². The summed E-state index contributed by atoms with van der Waals surface area (Å²) in [6, 6.07) is 13.9. The highest BCUT2D eigenvalue weighted by atomic mass is 16.5. The van der Waals surface area contributed by atoms with Crippen LogP contribution >= 0.6 is 0 Å². The molecule has 0 aliphatic carbocycles. The number of hydrogen-bond donors (Lipinski definition) is 2. The lowest BCUT2D eigenvalue weighted by molar-refractivity contribution is -0.117. The van der Waals surface area contributed by atoms with Gasteiger partial charge < -0.3 is 13.9 Å². The first kappa shape index (κ1) is 23.6. The molecule has 1 aliphatic rings. The molecule has 0 saturated carbocycles. The first-order valence-electron chi connectivity index (χ1n) is 11.7. The van der Waals surface area contributed by atoms with Gasteiger partial charge in [-0.05, 0) is 49.1 Å². The molecule has 1 unspecified atom stereocenters. The number of benzene rings is 2. The lowest BCUT2D eigenvalue weighted by Crippen LogP contribution is -2.41. The molecule has 0 spiro atoms. The zero-order valence-corrected chi connectivity index (χ0v) is 20.7. The SMILES string of the molecule is COc1cc2c(cc1OC)C(c1ccccc1)N(CC(=O)Nc1oc(C)c3c(C)n[nH]c(=O)c13)CC2. The van der Waals surface area contributed by atoms with Crippen LogP contribution in [0.15, 0.2) is 51.7 Å². The van der Waals surface area contributed by atoms with E-state index in [0.29, 0.717) is 40.3 Å². The van der Waals surface area contributed by atoms with Crippen molar-refractivity contribution in [3.63, 3.8) is 0 Å². The minimum atomic E-state index is -0.405. The van der Waals surface area contributed by atoms with Crippen molar-refractivity contribution in [2.75, 3.05) is 32.6 Å². The standard InChI is InChI=1S/C27H28N4O5/c1-15-23-16(2)36-27(24(23)26(33)30-29-15)28-22(32)14-31-11-10-18-12-20(34-3)21(35-4)13-19(18)25(31)17-8-6-5-7-9-17/h5-9,12-13,25H,10-11,14H2,1-4H3,(H,28,32)(H,30,33). The summed E-state index contributed by atoms with van der Waals surface area (Å²) in [4.78, 5) is 27.8. The number of fused-ring (bicyclic) bond motifs is 2. The number of H-pyrrole nitrogens is 1. The van der Waals surface area contributed by atoms with Gasteiger partial charge in [0.05, 0.1) is 37.9 Å². The van der Waals surface area contributed by atoms with Crippen molar-refractivity contribution < 1.29 is 18.7 Å². The molecule has 2 N–H and O–H groups in total. The molecule has 0 saturated heterocycles. The summed E-state index contributed by atoms with van der Waals surface area (Å²) in [5.41, 5.74) is 3.51. The second-order valence-electron chi connectivity index (χ2n) is 8.86. The number of ether oxygens (including phenoxy) is 2. The van der Waals surface area contributed by atoms with E-state index < -0.39 is 5.56 Å². The van der Waals surface area contributed by atoms with Crippen LogP contribution in [0.1, 0.15) is 34.2 Å². The Balaban J connectivity index is 1.48. The van der Waals surface area contributed by atoms with E-state index in [4.69, 9.17) is 13.9 Å². The molecule has 1 aliphatic heterocycles. The summed E-state index contributed by atoms with van der Waals surface area (Å²) in [5.74, 6) is 1.73. The molecule has 5 rings (SSSR count). The van der Waals surface area contributed by atoms with E-state index in [2.05, 4.69) is 32.5 Å². The van der Waals surface area contributed by atoms with Gasteiger partial charge in [0, 0.05) is 6.54 Å². The molecule has 1 atom stereocenters. The predicted molar refractivity (Wildman–Crippen MR) is 136 cm³/mol. The monoisotopic (exact) mass is 488 g/mol. The number of carbonyl (C=O) groups is 1. The molecule has 36 heavy (non-hydrogen) atoms. The normalized spacial score (nSPS) is 15.5. The number of carbonyl (C=O) groups excluding carboxylic acids is 1. The summed E-state index contributed by atoms with van der Waals surface area (Å²) in [7, 11) is 3.24. The highest BCUT2D eigenvalue weighted by Crippen LogP contribution is 2.41. The van der Waals surface area contributed by atoms with Gasteiger partial charge in [0.15, 0.2) is 11.5 Å². The molecule has 9 heteroatoms. The van der Waals surface area contributed by atoms with Crippen LogP contribution in [0.2, 0.25) is 0 Å². The second kappa shape index (κ2) is 9.50. The van der Waals surface area contributed by atoms with Gasteiger partial charge in [0.2, 0.25) is 11.8 Å². The van der Waals surface area contributed by atoms with Crippen molar-refractivity contribution in [1.29, 1.82) is 0 Å². The Morgan fingerprint density at radius 2 is 1.86 bits per heavy atom. The Morgan fingerprint density at radius 3 is 2.58 bits per heavy atom. The fourth-order valence-electron chi connectivity index (χ4n) is 5.08. The van der Waals surface area contributed by atoms with E-state index in [1.54, 1.807) is 28.1 Å². The Labute approximate surface area is 208 Å². The summed E-state index contributed by atoms with van der Waals surface area (Å²) in [5, 5.41) is 10.2. The van der Waals surface area contributed by atoms with Crippen LogP contribution < -0.4 is 20.3 Å². The van der Waals surface area contributed by atoms with Gasteiger partial charge in [0.1, 0.15) is 11.1 Å². The predicted octanol–water partition coefficient (Wildman–Crippen LogP) is 3.74. The van der Waals surface area contributed by atoms with Gasteiger partial charge in [-0.1, -0.05) is 30.3 Å². The van der Waals surface area contributed by atoms with E-state index in [-0.39, 0.29) is 24.4 Å². The van der Waals surface area contributed by atoms with Crippen molar-refractivity contribution in [3.05, 3.63) is 81.0 Å². The molecule has 4 aromatic rings. The van der Waals surface area contributed by atoms with Crippen LogP contribution in [0, 0.1) is 13.8 Å². The number of nitrogens with zero attached hydrogens (tertiary/aromatic N) is 2. The first-order chi connectivity index (χ1) is 17.4. The topological polar surface area (TPSA) is 110 Å². The molecular formula is C27H28N4O5. The molecular weight excluding hydrogens is 460 g/mol. The van der Waals surface area contributed by atoms with Gasteiger partial charge in [-0.15, -0.1) is 0 Å². The van der Waals surface area contributed by atoms with Gasteiger partial charge in [-0.3, -0.25) is 19.8 Å². The number of rotatable bonds is 6. The van der Waals surface area contributed by atoms with Crippen LogP contribution in [0.4, 0.5) is 5.88 Å². The number of aromatic nitrogens is 2. The number of furan rings is 1. The fraction of sp³-hybridized carbons (Fsp3) is 0.296. The molecule has 186 valence electrons. The maximum Gasteiger partial charge on any atom is 0.277 e. The van der Waals surface area contributed by atoms with E-state index >= 15 is 0 Å². The lowest BCUT2D eigenvalue weighted by Gasteiger charge is -2.37. The summed E-state index contributed by atoms with van der Waals surface area (Å²) >= 11 is 0. The Kier molecular flexibility index (Phi) is 6.24. The minimum Gasteiger partial charge on any atom is -0.493 e. The molecule has 0 bridgehead atoms. The van der Waals surface area contributed by atoms with E-state index in [9.17, 15) is 9.59 Å². The lowest BCUT2D eigenvalue weighted by atomic mass is 9.87. The number of nitrogens with one attached hydrogen (secondary N) is 2. The fourth-order valence-corrected chi connectivity index (χ4v) is 5.08. The highest BCUT2D eigenvalue weighted by molar-refractivity contribution is 6.02. The van der Waals surface area contributed by atoms with Crippen molar-refractivity contribution >= 4 is 22.6 Å². The Hall–Kier alpha value is -4.11. The number of hydrogen-bond acceptors (Lipinski definition) is 7. The minimum absolute atomic E-state index is 0.108. The summed E-state index contributed by atoms with van der Waals surface area (Å²) < 4.78 is 16.9. The van der Waals surface area contributed by atoms with Gasteiger partial charge >= 0.3 is 0 Å². The highest BCUT2D eigenvalue weighted by Gasteiger charge is 2.32. The molecule has 9 nitrogen and oxygen atoms in total. The molecule has 2 aromatic heterocycles. The number of aryl methyl sites for hydroxylation is 2. The van der Waals surface area contributed by atoms with Gasteiger partial charge in [-0.25, -0.2) is 5.10 Å². The second-order valence-corrected chi connectivity index (χ2v) is 8.86. The van der Waals surface area contributed by atoms with Gasteiger partial charge in [0.25, 0.3) is 5.56 Å². The average Bonchev–Trinajstić information content (AvgIpc) is 3.22. The molecule has 1 amide bonds. The van der Waals surface area contributed by atoms with E-state index in [1.165, 1.54) is 0 Å².